The van der Waals surface area contributed by atoms with Gasteiger partial charge in [-0.2, -0.15) is 0 Å². The molecule has 3 atom stereocenters. The van der Waals surface area contributed by atoms with E-state index in [2.05, 4.69) is 194 Å². The van der Waals surface area contributed by atoms with Crippen LogP contribution in [0.2, 0.25) is 0 Å². The number of halogens is 1. The number of benzene rings is 8. The maximum absolute atomic E-state index is 12.9. The Kier molecular flexibility index (Phi) is 36.6. The highest BCUT2D eigenvalue weighted by Gasteiger charge is 2.43. The van der Waals surface area contributed by atoms with Gasteiger partial charge >= 0.3 is 0 Å². The summed E-state index contributed by atoms with van der Waals surface area (Å²) in [5, 5.41) is 20.0. The van der Waals surface area contributed by atoms with Crippen LogP contribution in [0.1, 0.15) is 149 Å². The molecular weight excluding hydrogens is 1500 g/mol. The number of likely N-dealkylation sites (N-methyl/N-ethyl adjacent to an activating group) is 1. The van der Waals surface area contributed by atoms with Crippen LogP contribution in [0.25, 0.3) is 0 Å². The second-order valence-corrected chi connectivity index (χ2v) is 35.7. The molecule has 4 saturated carbocycles. The maximum Gasteiger partial charge on any atom is 0.269 e. The van der Waals surface area contributed by atoms with Crippen LogP contribution < -0.4 is 14.5 Å². The predicted octanol–water partition coefficient (Wildman–Crippen LogP) is 17.8. The van der Waals surface area contributed by atoms with Crippen LogP contribution in [0.15, 0.2) is 212 Å². The number of hydrogen-bond donors (Lipinski definition) is 1. The molecule has 8 aromatic rings. The van der Waals surface area contributed by atoms with Gasteiger partial charge in [-0.15, -0.1) is 0 Å². The number of aryl methyl sites for hydroxylation is 1. The first-order chi connectivity index (χ1) is 59.4. The normalized spacial score (nSPS) is 21.8. The summed E-state index contributed by atoms with van der Waals surface area (Å²) in [5.74, 6) is 3.20. The molecule has 0 aromatic heterocycles. The fraction of sp³-hybridized carbons (Fsp3) is 0.534. The molecule has 0 spiro atoms. The molecule has 652 valence electrons. The maximum atomic E-state index is 12.9. The molecule has 121 heavy (non-hydrogen) atoms. The van der Waals surface area contributed by atoms with Crippen molar-refractivity contribution in [2.45, 2.75) is 174 Å². The number of fused-ring (bicyclic) bond motifs is 2. The average Bonchev–Trinajstić information content (AvgIpc) is 1.75. The van der Waals surface area contributed by atoms with Crippen molar-refractivity contribution in [3.05, 3.63) is 267 Å². The van der Waals surface area contributed by atoms with Crippen LogP contribution >= 0.6 is 0 Å². The zero-order valence-corrected chi connectivity index (χ0v) is 73.7. The third kappa shape index (κ3) is 29.3. The smallest absolute Gasteiger partial charge is 0.269 e. The van der Waals surface area contributed by atoms with Crippen molar-refractivity contribution in [2.24, 2.45) is 11.8 Å². The quantitative estimate of drug-likeness (QED) is 0.0418. The minimum atomic E-state index is -0.338. The van der Waals surface area contributed by atoms with Gasteiger partial charge in [0.1, 0.15) is 17.3 Å². The number of phenolic OH excluding ortho intramolecular Hbond substituents is 1. The Labute approximate surface area is 726 Å². The van der Waals surface area contributed by atoms with Gasteiger partial charge in [-0.3, -0.25) is 54.2 Å². The first kappa shape index (κ1) is 90.6. The Hall–Kier alpha value is -8.11. The van der Waals surface area contributed by atoms with E-state index >= 15 is 0 Å². The number of piperazine rings is 6. The molecule has 6 heterocycles. The summed E-state index contributed by atoms with van der Waals surface area (Å²) in [4.78, 5) is 41.1. The number of para-hydroxylation sites is 3. The van der Waals surface area contributed by atoms with Crippen LogP contribution in [-0.2, 0) is 45.7 Å². The van der Waals surface area contributed by atoms with E-state index in [-0.39, 0.29) is 16.4 Å². The van der Waals surface area contributed by atoms with Crippen molar-refractivity contribution in [1.82, 2.24) is 49.0 Å². The molecule has 0 radical (unpaired) electrons. The van der Waals surface area contributed by atoms with Gasteiger partial charge in [0.25, 0.3) is 5.69 Å². The zero-order valence-electron chi connectivity index (χ0n) is 73.7. The highest BCUT2D eigenvalue weighted by molar-refractivity contribution is 5.58. The van der Waals surface area contributed by atoms with Crippen molar-refractivity contribution in [1.29, 1.82) is 0 Å². The molecule has 10 aliphatic rings. The Morgan fingerprint density at radius 2 is 0.719 bits per heavy atom. The van der Waals surface area contributed by atoms with Crippen LogP contribution in [-0.4, -0.2) is 248 Å². The number of hydrogen-bond acceptors (Lipinski definition) is 16. The summed E-state index contributed by atoms with van der Waals surface area (Å²) in [6.45, 7) is 39.5. The minimum Gasteiger partial charge on any atom is -0.508 e. The summed E-state index contributed by atoms with van der Waals surface area (Å²) in [7, 11) is 1.71. The van der Waals surface area contributed by atoms with Gasteiger partial charge in [-0.1, -0.05) is 217 Å². The molecule has 2 bridgehead atoms. The third-order valence-corrected chi connectivity index (χ3v) is 27.6. The van der Waals surface area contributed by atoms with Crippen molar-refractivity contribution in [3.8, 4) is 11.5 Å². The van der Waals surface area contributed by atoms with E-state index in [1.54, 1.807) is 31.4 Å². The Morgan fingerprint density at radius 3 is 1.13 bits per heavy atom. The number of nitrogens with zero attached hydrogens (tertiary/aromatic N) is 13. The first-order valence-electron chi connectivity index (χ1n) is 46.8. The van der Waals surface area contributed by atoms with E-state index in [0.29, 0.717) is 5.75 Å². The van der Waals surface area contributed by atoms with Crippen LogP contribution in [0.3, 0.4) is 0 Å². The molecule has 17 nitrogen and oxygen atoms in total. The number of ether oxygens (including phenoxy) is 1. The topological polar surface area (TPSA) is 111 Å². The summed E-state index contributed by atoms with van der Waals surface area (Å²) in [6.07, 6.45) is 22.8. The number of phenols is 1. The molecule has 10 fully saturated rings. The molecule has 18 heteroatoms. The lowest BCUT2D eigenvalue weighted by Gasteiger charge is -2.41. The van der Waals surface area contributed by atoms with E-state index in [1.165, 1.54) is 233 Å². The summed E-state index contributed by atoms with van der Waals surface area (Å²) in [6, 6.07) is 73.6. The number of nitro benzene ring substituents is 1. The lowest BCUT2D eigenvalue weighted by Crippen LogP contribution is -2.51. The number of aromatic hydroxyl groups is 1. The largest absolute Gasteiger partial charge is 0.508 e. The second kappa shape index (κ2) is 48.8. The number of anilines is 2. The fourth-order valence-electron chi connectivity index (χ4n) is 20.2. The first-order valence-corrected chi connectivity index (χ1v) is 46.8. The van der Waals surface area contributed by atoms with Crippen LogP contribution in [0.5, 0.6) is 11.5 Å². The Balaban J connectivity index is 0.000000126. The van der Waals surface area contributed by atoms with Gasteiger partial charge < -0.3 is 24.5 Å². The Morgan fingerprint density at radius 1 is 0.364 bits per heavy atom. The van der Waals surface area contributed by atoms with Crippen molar-refractivity contribution < 1.29 is 19.2 Å². The molecule has 0 amide bonds. The van der Waals surface area contributed by atoms with Gasteiger partial charge in [0.05, 0.1) is 17.7 Å². The van der Waals surface area contributed by atoms with E-state index in [9.17, 15) is 19.6 Å². The van der Waals surface area contributed by atoms with E-state index in [1.807, 2.05) is 54.6 Å². The number of rotatable bonds is 21. The lowest BCUT2D eigenvalue weighted by atomic mass is 9.93. The number of non-ortho nitro benzene ring substituents is 1. The molecule has 6 saturated heterocycles. The number of methoxy groups -OCH3 is 1. The average molecular weight is 1650 g/mol. The molecule has 8 aromatic carbocycles. The highest BCUT2D eigenvalue weighted by atomic mass is 19.1. The van der Waals surface area contributed by atoms with Gasteiger partial charge in [-0.05, 0) is 157 Å². The van der Waals surface area contributed by atoms with Crippen molar-refractivity contribution in [2.75, 3.05) is 181 Å². The molecular formula is C103H144FN13O4. The summed E-state index contributed by atoms with van der Waals surface area (Å²) < 4.78 is 18.4. The SMILES string of the molecule is CCc1ccc(CN2CCN(CC)CC2)cc1.COc1ccccc1N1CCN(Cc2ccc(F)cc2)CC1.O=[N+]([O-])c1ccc(CN2CCN(C3CCCCCC3)CC2)cc1.Oc1ccc(CN2CCN(c3ccccc3)CC2)cc1.c1ccc(CN2CCN(C3CC4CCC3C4)CC2)cc1.c1ccc(CN2CCN(C3CCCCC3)CC2)cc1. The molecule has 6 aliphatic heterocycles. The molecule has 4 aliphatic carbocycles. The van der Waals surface area contributed by atoms with Crippen LogP contribution in [0, 0.1) is 27.8 Å². The van der Waals surface area contributed by atoms with E-state index < -0.39 is 0 Å². The van der Waals surface area contributed by atoms with Gasteiger partial charge in [0.2, 0.25) is 0 Å². The third-order valence-electron chi connectivity index (χ3n) is 27.6. The summed E-state index contributed by atoms with van der Waals surface area (Å²) >= 11 is 0. The standard InChI is InChI=1S/C18H21FN2O.C18H27N3O2.C18H26N2.C17H20N2O.C17H26N2.C15H24N2/c1-22-18-5-3-2-4-17(18)21-12-10-20(11-13-21)14-15-6-8-16(19)9-7-15;22-21(23)18-9-7-16(8-10-18)15-19-11-13-20(14-12-19)17-5-3-1-2-4-6-17;1-2-4-15(5-3-1)14-19-8-10-20(11-9-19)18-13-16-6-7-17(18)12-16;20-17-8-6-15(7-9-17)14-18-10-12-19(13-11-18)16-4-2-1-3-5-16;1-3-7-16(8-4-1)15-18-11-13-19(14-12-18)17-9-5-2-6-10-17;1-3-14-5-7-15(8-6-14)13-17-11-9-16(4-2)10-12-17/h2-9H,10-14H2,1H3;7-10,17H,1-6,11-15H2;1-5,16-18H,6-14H2;1-9,20H,10-14H2;1,3-4,7-8,17H,2,5-6,9-15H2;5-8H,3-4,9-13H2,1-2H3. The van der Waals surface area contributed by atoms with Gasteiger partial charge in [0, 0.05) is 232 Å². The molecule has 18 rings (SSSR count). The van der Waals surface area contributed by atoms with E-state index in [4.69, 9.17) is 4.74 Å². The van der Waals surface area contributed by atoms with Gasteiger partial charge in [0.15, 0.2) is 0 Å². The van der Waals surface area contributed by atoms with E-state index in [0.717, 1.165) is 171 Å². The van der Waals surface area contributed by atoms with Crippen LogP contribution in [0.4, 0.5) is 21.5 Å². The van der Waals surface area contributed by atoms with Gasteiger partial charge in [-0.25, -0.2) is 4.39 Å². The van der Waals surface area contributed by atoms with Crippen molar-refractivity contribution in [3.63, 3.8) is 0 Å². The summed E-state index contributed by atoms with van der Waals surface area (Å²) in [5.41, 5.74) is 12.0. The lowest BCUT2D eigenvalue weighted by molar-refractivity contribution is -0.384. The number of nitro groups is 1. The molecule has 3 unspecified atom stereocenters. The van der Waals surface area contributed by atoms with Crippen molar-refractivity contribution >= 4 is 17.1 Å². The molecule has 1 N–H and O–H groups in total. The predicted molar refractivity (Wildman–Crippen MR) is 496 cm³/mol. The zero-order chi connectivity index (χ0) is 83.6. The second-order valence-electron chi connectivity index (χ2n) is 35.7. The fourth-order valence-corrected chi connectivity index (χ4v) is 20.2. The monoisotopic (exact) mass is 1650 g/mol. The minimum absolute atomic E-state index is 0.173. The Bertz CT molecular complexity index is 4150. The highest BCUT2D eigenvalue weighted by Crippen LogP contribution is 2.47.